The molecule has 2 amide bonds. The molecule has 0 bridgehead atoms. The number of carbonyl (C=O) groups excluding carboxylic acids is 2. The van der Waals surface area contributed by atoms with E-state index >= 15 is 0 Å². The molecule has 0 saturated heterocycles. The van der Waals surface area contributed by atoms with Gasteiger partial charge >= 0.3 is 0 Å². The van der Waals surface area contributed by atoms with E-state index in [0.29, 0.717) is 22.3 Å². The van der Waals surface area contributed by atoms with E-state index in [0.717, 1.165) is 28.4 Å². The van der Waals surface area contributed by atoms with E-state index in [1.807, 2.05) is 24.3 Å². The van der Waals surface area contributed by atoms with Crippen molar-refractivity contribution in [2.24, 2.45) is 0 Å². The Balaban J connectivity index is 2.08. The van der Waals surface area contributed by atoms with Crippen LogP contribution in [0, 0.1) is 0 Å². The Kier molecular flexibility index (Phi) is 11.2. The van der Waals surface area contributed by atoms with Crippen LogP contribution in [0.3, 0.4) is 0 Å². The third kappa shape index (κ3) is 8.68. The highest BCUT2D eigenvalue weighted by Gasteiger charge is 2.26. The molecule has 2 aromatic carbocycles. The molecule has 168 valence electrons. The van der Waals surface area contributed by atoms with Crippen molar-refractivity contribution in [1.82, 2.24) is 10.2 Å². The molecule has 1 N–H and O–H groups in total. The van der Waals surface area contributed by atoms with Gasteiger partial charge in [-0.15, -0.1) is 11.8 Å². The average Bonchev–Trinajstić information content (AvgIpc) is 2.74. The fourth-order valence-electron chi connectivity index (χ4n) is 2.87. The monoisotopic (exact) mass is 544 g/mol. The van der Waals surface area contributed by atoms with Crippen molar-refractivity contribution < 1.29 is 9.59 Å². The highest BCUT2D eigenvalue weighted by atomic mass is 79.9. The fraction of sp³-hybridized carbons (Fsp3) is 0.391. The number of hydrogen-bond donors (Lipinski definition) is 1. The number of halogens is 3. The number of amides is 2. The van der Waals surface area contributed by atoms with Crippen LogP contribution in [0.5, 0.6) is 0 Å². The van der Waals surface area contributed by atoms with Gasteiger partial charge in [-0.3, -0.25) is 9.59 Å². The lowest BCUT2D eigenvalue weighted by molar-refractivity contribution is -0.138. The average molecular weight is 546 g/mol. The highest BCUT2D eigenvalue weighted by Crippen LogP contribution is 2.24. The van der Waals surface area contributed by atoms with Gasteiger partial charge in [0.05, 0.1) is 5.75 Å². The molecule has 0 heterocycles. The molecule has 0 radical (unpaired) electrons. The van der Waals surface area contributed by atoms with Crippen LogP contribution in [-0.4, -0.2) is 35.1 Å². The molecule has 2 rings (SSSR count). The van der Waals surface area contributed by atoms with E-state index in [9.17, 15) is 9.59 Å². The largest absolute Gasteiger partial charge is 0.354 e. The predicted molar refractivity (Wildman–Crippen MR) is 135 cm³/mol. The Morgan fingerprint density at radius 1 is 1.16 bits per heavy atom. The van der Waals surface area contributed by atoms with Crippen LogP contribution >= 0.6 is 50.9 Å². The molecule has 0 saturated carbocycles. The fourth-order valence-corrected chi connectivity index (χ4v) is 4.48. The number of thioether (sulfide) groups is 1. The van der Waals surface area contributed by atoms with Crippen LogP contribution in [0.1, 0.15) is 37.8 Å². The zero-order chi connectivity index (χ0) is 22.8. The van der Waals surface area contributed by atoms with Crippen LogP contribution in [0.4, 0.5) is 0 Å². The number of carbonyl (C=O) groups is 2. The van der Waals surface area contributed by atoms with E-state index < -0.39 is 6.04 Å². The summed E-state index contributed by atoms with van der Waals surface area (Å²) in [5.74, 6) is 0.718. The second-order valence-corrected chi connectivity index (χ2v) is 9.94. The molecule has 0 aromatic heterocycles. The van der Waals surface area contributed by atoms with E-state index in [2.05, 4.69) is 28.2 Å². The maximum absolute atomic E-state index is 13.1. The van der Waals surface area contributed by atoms with Gasteiger partial charge in [0.25, 0.3) is 0 Å². The van der Waals surface area contributed by atoms with Gasteiger partial charge in [-0.1, -0.05) is 70.7 Å². The maximum Gasteiger partial charge on any atom is 0.242 e. The van der Waals surface area contributed by atoms with Gasteiger partial charge in [0, 0.05) is 33.4 Å². The Morgan fingerprint density at radius 2 is 1.87 bits per heavy atom. The standard InChI is InChI=1S/C23H27BrCl2N2O2S/c1-3-4-11-27-23(30)16(2)28(13-18-7-10-20(25)12-21(18)26)22(29)15-31-14-17-5-8-19(24)9-6-17/h5-10,12,16H,3-4,11,13-15H2,1-2H3,(H,27,30). The molecule has 0 aliphatic rings. The summed E-state index contributed by atoms with van der Waals surface area (Å²) in [5, 5.41) is 3.93. The van der Waals surface area contributed by atoms with E-state index in [1.54, 1.807) is 30.0 Å². The lowest BCUT2D eigenvalue weighted by Crippen LogP contribution is -2.48. The zero-order valence-electron chi connectivity index (χ0n) is 17.7. The Morgan fingerprint density at radius 3 is 2.52 bits per heavy atom. The first kappa shape index (κ1) is 26.0. The SMILES string of the molecule is CCCCNC(=O)C(C)N(Cc1ccc(Cl)cc1Cl)C(=O)CSCc1ccc(Br)cc1. The molecule has 1 atom stereocenters. The summed E-state index contributed by atoms with van der Waals surface area (Å²) in [5.41, 5.74) is 1.89. The molecule has 0 aliphatic carbocycles. The number of nitrogens with zero attached hydrogens (tertiary/aromatic N) is 1. The van der Waals surface area contributed by atoms with Crippen molar-refractivity contribution in [3.05, 3.63) is 68.1 Å². The summed E-state index contributed by atoms with van der Waals surface area (Å²) in [6.07, 6.45) is 1.89. The summed E-state index contributed by atoms with van der Waals surface area (Å²) < 4.78 is 1.02. The first-order valence-corrected chi connectivity index (χ1v) is 12.9. The maximum atomic E-state index is 13.1. The van der Waals surface area contributed by atoms with Crippen LogP contribution in [0.15, 0.2) is 46.9 Å². The summed E-state index contributed by atoms with van der Waals surface area (Å²) in [6, 6.07) is 12.6. The van der Waals surface area contributed by atoms with Crippen molar-refractivity contribution in [2.45, 2.75) is 45.0 Å². The van der Waals surface area contributed by atoms with E-state index in [1.165, 1.54) is 11.8 Å². The summed E-state index contributed by atoms with van der Waals surface area (Å²) in [4.78, 5) is 27.3. The van der Waals surface area contributed by atoms with E-state index in [-0.39, 0.29) is 24.1 Å². The normalized spacial score (nSPS) is 11.8. The van der Waals surface area contributed by atoms with Crippen LogP contribution in [0.25, 0.3) is 0 Å². The molecular weight excluding hydrogens is 519 g/mol. The molecular formula is C23H27BrCl2N2O2S. The van der Waals surface area contributed by atoms with Crippen molar-refractivity contribution in [3.63, 3.8) is 0 Å². The van der Waals surface area contributed by atoms with Crippen molar-refractivity contribution in [2.75, 3.05) is 12.3 Å². The van der Waals surface area contributed by atoms with Crippen LogP contribution in [-0.2, 0) is 21.9 Å². The molecule has 2 aromatic rings. The molecule has 0 fully saturated rings. The van der Waals surface area contributed by atoms with Gasteiger partial charge in [0.2, 0.25) is 11.8 Å². The number of benzene rings is 2. The number of hydrogen-bond acceptors (Lipinski definition) is 3. The molecule has 0 spiro atoms. The third-order valence-electron chi connectivity index (χ3n) is 4.76. The van der Waals surface area contributed by atoms with Crippen LogP contribution in [0.2, 0.25) is 10.0 Å². The summed E-state index contributed by atoms with van der Waals surface area (Å²) in [7, 11) is 0. The summed E-state index contributed by atoms with van der Waals surface area (Å²) >= 11 is 17.3. The van der Waals surface area contributed by atoms with Crippen molar-refractivity contribution >= 4 is 62.7 Å². The first-order chi connectivity index (χ1) is 14.8. The molecule has 8 heteroatoms. The first-order valence-electron chi connectivity index (χ1n) is 10.1. The smallest absolute Gasteiger partial charge is 0.242 e. The third-order valence-corrected chi connectivity index (χ3v) is 6.86. The zero-order valence-corrected chi connectivity index (χ0v) is 21.6. The van der Waals surface area contributed by atoms with Gasteiger partial charge in [-0.2, -0.15) is 0 Å². The summed E-state index contributed by atoms with van der Waals surface area (Å²) in [6.45, 7) is 4.66. The van der Waals surface area contributed by atoms with Gasteiger partial charge in [-0.25, -0.2) is 0 Å². The predicted octanol–water partition coefficient (Wildman–Crippen LogP) is 6.32. The molecule has 4 nitrogen and oxygen atoms in total. The Hall–Kier alpha value is -1.21. The molecule has 1 unspecified atom stereocenters. The van der Waals surface area contributed by atoms with Gasteiger partial charge in [0.1, 0.15) is 6.04 Å². The van der Waals surface area contributed by atoms with Gasteiger partial charge in [-0.05, 0) is 48.7 Å². The van der Waals surface area contributed by atoms with Gasteiger partial charge < -0.3 is 10.2 Å². The molecule has 0 aliphatic heterocycles. The lowest BCUT2D eigenvalue weighted by Gasteiger charge is -2.29. The highest BCUT2D eigenvalue weighted by molar-refractivity contribution is 9.10. The van der Waals surface area contributed by atoms with Crippen molar-refractivity contribution in [1.29, 1.82) is 0 Å². The topological polar surface area (TPSA) is 49.4 Å². The Bertz CT molecular complexity index is 880. The van der Waals surface area contributed by atoms with E-state index in [4.69, 9.17) is 23.2 Å². The van der Waals surface area contributed by atoms with Gasteiger partial charge in [0.15, 0.2) is 0 Å². The minimum atomic E-state index is -0.607. The number of rotatable bonds is 11. The Labute approximate surface area is 207 Å². The van der Waals surface area contributed by atoms with Crippen molar-refractivity contribution in [3.8, 4) is 0 Å². The second-order valence-electron chi connectivity index (χ2n) is 7.20. The number of unbranched alkanes of at least 4 members (excludes halogenated alkanes) is 1. The van der Waals surface area contributed by atoms with Crippen LogP contribution < -0.4 is 5.32 Å². The quantitative estimate of drug-likeness (QED) is 0.336. The minimum absolute atomic E-state index is 0.105. The lowest BCUT2D eigenvalue weighted by atomic mass is 10.1. The molecule has 31 heavy (non-hydrogen) atoms. The minimum Gasteiger partial charge on any atom is -0.354 e. The second kappa shape index (κ2) is 13.4. The number of nitrogens with one attached hydrogen (secondary N) is 1.